The number of para-hydroxylation sites is 1. The van der Waals surface area contributed by atoms with Crippen molar-refractivity contribution < 1.29 is 23.4 Å². The molecule has 35 heavy (non-hydrogen) atoms. The van der Waals surface area contributed by atoms with Crippen LogP contribution in [0.5, 0.6) is 17.2 Å². The number of anilines is 1. The van der Waals surface area contributed by atoms with Gasteiger partial charge >= 0.3 is 6.03 Å². The highest BCUT2D eigenvalue weighted by Crippen LogP contribution is 2.42. The Hall–Kier alpha value is -4.20. The van der Waals surface area contributed by atoms with Crippen molar-refractivity contribution in [1.82, 2.24) is 9.88 Å². The van der Waals surface area contributed by atoms with Gasteiger partial charge in [0.2, 0.25) is 5.75 Å². The van der Waals surface area contributed by atoms with Crippen molar-refractivity contribution in [3.63, 3.8) is 0 Å². The second kappa shape index (κ2) is 9.21. The summed E-state index contributed by atoms with van der Waals surface area (Å²) < 4.78 is 31.2. The summed E-state index contributed by atoms with van der Waals surface area (Å²) in [6.07, 6.45) is 0.646. The fourth-order valence-electron chi connectivity index (χ4n) is 4.83. The van der Waals surface area contributed by atoms with Gasteiger partial charge in [0.15, 0.2) is 11.5 Å². The standard InChI is InChI=1S/C27H26FN3O4/c1-33-22-14-16(15-23(34-2)26(22)35-3)29-27(32)31-13-12-18-17-8-5-7-11-21(17)30-24(18)25(31)19-9-4-6-10-20(19)28/h4-11,14-15,25,30H,12-13H2,1-3H3,(H,29,32)/t25-/m1/s1. The van der Waals surface area contributed by atoms with E-state index in [1.807, 2.05) is 18.2 Å². The highest BCUT2D eigenvalue weighted by molar-refractivity contribution is 5.92. The number of amides is 2. The van der Waals surface area contributed by atoms with Gasteiger partial charge in [0, 0.05) is 40.8 Å². The number of rotatable bonds is 5. The van der Waals surface area contributed by atoms with Crippen LogP contribution in [-0.4, -0.2) is 43.8 Å². The molecule has 0 aliphatic carbocycles. The number of benzene rings is 3. The lowest BCUT2D eigenvalue weighted by Gasteiger charge is -2.36. The number of urea groups is 1. The second-order valence-electron chi connectivity index (χ2n) is 8.27. The van der Waals surface area contributed by atoms with E-state index in [2.05, 4.69) is 16.4 Å². The van der Waals surface area contributed by atoms with E-state index in [0.29, 0.717) is 41.5 Å². The van der Waals surface area contributed by atoms with Gasteiger partial charge in [0.25, 0.3) is 0 Å². The smallest absolute Gasteiger partial charge is 0.322 e. The summed E-state index contributed by atoms with van der Waals surface area (Å²) in [5.41, 5.74) is 3.79. The lowest BCUT2D eigenvalue weighted by atomic mass is 9.92. The van der Waals surface area contributed by atoms with E-state index in [4.69, 9.17) is 14.2 Å². The predicted molar refractivity (Wildman–Crippen MR) is 132 cm³/mol. The van der Waals surface area contributed by atoms with Crippen LogP contribution >= 0.6 is 0 Å². The van der Waals surface area contributed by atoms with Crippen LogP contribution in [0, 0.1) is 5.82 Å². The molecule has 0 bridgehead atoms. The van der Waals surface area contributed by atoms with Gasteiger partial charge in [-0.2, -0.15) is 0 Å². The molecule has 0 unspecified atom stereocenters. The fraction of sp³-hybridized carbons (Fsp3) is 0.222. The molecule has 3 aromatic carbocycles. The molecular weight excluding hydrogens is 449 g/mol. The first-order valence-corrected chi connectivity index (χ1v) is 11.3. The molecule has 1 aliphatic rings. The zero-order valence-electron chi connectivity index (χ0n) is 19.7. The Bertz CT molecular complexity index is 1380. The Labute approximate surface area is 202 Å². The molecule has 0 radical (unpaired) electrons. The van der Waals surface area contributed by atoms with E-state index >= 15 is 4.39 Å². The van der Waals surface area contributed by atoms with Crippen molar-refractivity contribution in [2.24, 2.45) is 0 Å². The van der Waals surface area contributed by atoms with Crippen molar-refractivity contribution in [3.05, 3.63) is 83.3 Å². The number of halogens is 1. The molecule has 0 saturated carbocycles. The third kappa shape index (κ3) is 3.90. The van der Waals surface area contributed by atoms with Gasteiger partial charge in [0.1, 0.15) is 11.9 Å². The lowest BCUT2D eigenvalue weighted by molar-refractivity contribution is 0.192. The molecule has 7 nitrogen and oxygen atoms in total. The molecule has 0 spiro atoms. The second-order valence-corrected chi connectivity index (χ2v) is 8.27. The molecule has 1 atom stereocenters. The molecule has 1 aliphatic heterocycles. The van der Waals surface area contributed by atoms with E-state index in [9.17, 15) is 4.79 Å². The topological polar surface area (TPSA) is 75.8 Å². The van der Waals surface area contributed by atoms with Gasteiger partial charge in [-0.1, -0.05) is 36.4 Å². The van der Waals surface area contributed by atoms with Gasteiger partial charge < -0.3 is 29.4 Å². The molecule has 1 aromatic heterocycles. The minimum absolute atomic E-state index is 0.364. The number of aromatic amines is 1. The Kier molecular flexibility index (Phi) is 5.94. The number of nitrogens with zero attached hydrogens (tertiary/aromatic N) is 1. The van der Waals surface area contributed by atoms with E-state index < -0.39 is 6.04 Å². The monoisotopic (exact) mass is 475 g/mol. The summed E-state index contributed by atoms with van der Waals surface area (Å²) in [7, 11) is 4.54. The van der Waals surface area contributed by atoms with Crippen molar-refractivity contribution in [2.75, 3.05) is 33.2 Å². The first kappa shape index (κ1) is 22.6. The maximum Gasteiger partial charge on any atom is 0.322 e. The SMILES string of the molecule is COc1cc(NC(=O)N2CCc3c([nH]c4ccccc34)[C@H]2c2ccccc2F)cc(OC)c1OC. The van der Waals surface area contributed by atoms with Crippen LogP contribution in [0.4, 0.5) is 14.9 Å². The maximum atomic E-state index is 15.0. The third-order valence-corrected chi connectivity index (χ3v) is 6.41. The molecule has 0 fully saturated rings. The summed E-state index contributed by atoms with van der Waals surface area (Å²) in [5.74, 6) is 0.904. The quantitative estimate of drug-likeness (QED) is 0.399. The minimum atomic E-state index is -0.616. The van der Waals surface area contributed by atoms with Crippen LogP contribution < -0.4 is 19.5 Å². The third-order valence-electron chi connectivity index (χ3n) is 6.41. The molecule has 180 valence electrons. The maximum absolute atomic E-state index is 15.0. The molecule has 2 N–H and O–H groups in total. The summed E-state index contributed by atoms with van der Waals surface area (Å²) in [6.45, 7) is 0.421. The van der Waals surface area contributed by atoms with Crippen LogP contribution in [0.25, 0.3) is 10.9 Å². The van der Waals surface area contributed by atoms with Crippen molar-refractivity contribution in [2.45, 2.75) is 12.5 Å². The Balaban J connectivity index is 1.56. The van der Waals surface area contributed by atoms with Crippen LogP contribution in [-0.2, 0) is 6.42 Å². The van der Waals surface area contributed by atoms with Gasteiger partial charge in [-0.05, 0) is 24.1 Å². The fourth-order valence-corrected chi connectivity index (χ4v) is 4.83. The number of hydrogen-bond acceptors (Lipinski definition) is 4. The zero-order valence-corrected chi connectivity index (χ0v) is 19.7. The predicted octanol–water partition coefficient (Wildman–Crippen LogP) is 5.51. The highest BCUT2D eigenvalue weighted by atomic mass is 19.1. The van der Waals surface area contributed by atoms with E-state index in [1.54, 1.807) is 35.2 Å². The number of methoxy groups -OCH3 is 3. The molecule has 8 heteroatoms. The Morgan fingerprint density at radius 2 is 1.69 bits per heavy atom. The van der Waals surface area contributed by atoms with Crippen molar-refractivity contribution >= 4 is 22.6 Å². The number of carbonyl (C=O) groups excluding carboxylic acids is 1. The number of aromatic nitrogens is 1. The first-order valence-electron chi connectivity index (χ1n) is 11.3. The Morgan fingerprint density at radius 1 is 1.00 bits per heavy atom. The molecule has 2 amide bonds. The Morgan fingerprint density at radius 3 is 2.37 bits per heavy atom. The molecule has 5 rings (SSSR count). The van der Waals surface area contributed by atoms with Crippen LogP contribution in [0.2, 0.25) is 0 Å². The van der Waals surface area contributed by atoms with Crippen molar-refractivity contribution in [1.29, 1.82) is 0 Å². The summed E-state index contributed by atoms with van der Waals surface area (Å²) >= 11 is 0. The highest BCUT2D eigenvalue weighted by Gasteiger charge is 2.36. The van der Waals surface area contributed by atoms with Crippen molar-refractivity contribution in [3.8, 4) is 17.2 Å². The molecular formula is C27H26FN3O4. The number of ether oxygens (including phenoxy) is 3. The summed E-state index contributed by atoms with van der Waals surface area (Å²) in [6, 6.07) is 16.9. The largest absolute Gasteiger partial charge is 0.493 e. The van der Waals surface area contributed by atoms with E-state index in [-0.39, 0.29) is 11.8 Å². The molecule has 2 heterocycles. The van der Waals surface area contributed by atoms with Gasteiger partial charge in [-0.25, -0.2) is 9.18 Å². The van der Waals surface area contributed by atoms with Gasteiger partial charge in [0.05, 0.1) is 27.0 Å². The number of hydrogen-bond donors (Lipinski definition) is 2. The van der Waals surface area contributed by atoms with E-state index in [0.717, 1.165) is 22.2 Å². The summed E-state index contributed by atoms with van der Waals surface area (Å²) in [5, 5.41) is 4.02. The minimum Gasteiger partial charge on any atom is -0.493 e. The van der Waals surface area contributed by atoms with Crippen LogP contribution in [0.1, 0.15) is 22.9 Å². The average molecular weight is 476 g/mol. The number of carbonyl (C=O) groups is 1. The number of H-pyrrole nitrogens is 1. The van der Waals surface area contributed by atoms with Gasteiger partial charge in [-0.3, -0.25) is 0 Å². The number of fused-ring (bicyclic) bond motifs is 3. The van der Waals surface area contributed by atoms with Gasteiger partial charge in [-0.15, -0.1) is 0 Å². The lowest BCUT2D eigenvalue weighted by Crippen LogP contribution is -2.43. The summed E-state index contributed by atoms with van der Waals surface area (Å²) in [4.78, 5) is 18.7. The molecule has 0 saturated heterocycles. The number of nitrogens with one attached hydrogen (secondary N) is 2. The zero-order chi connectivity index (χ0) is 24.5. The van der Waals surface area contributed by atoms with Crippen LogP contribution in [0.3, 0.4) is 0 Å². The molecule has 4 aromatic rings. The van der Waals surface area contributed by atoms with Crippen LogP contribution in [0.15, 0.2) is 60.7 Å². The normalized spacial score (nSPS) is 15.0. The first-order chi connectivity index (χ1) is 17.0. The average Bonchev–Trinajstić information content (AvgIpc) is 3.26. The van der Waals surface area contributed by atoms with E-state index in [1.165, 1.54) is 27.4 Å².